The minimum atomic E-state index is 0.191. The van der Waals surface area contributed by atoms with Crippen molar-refractivity contribution in [2.24, 2.45) is 5.10 Å². The van der Waals surface area contributed by atoms with Gasteiger partial charge in [0, 0.05) is 28.5 Å². The van der Waals surface area contributed by atoms with E-state index in [4.69, 9.17) is 0 Å². The van der Waals surface area contributed by atoms with Crippen LogP contribution in [0.1, 0.15) is 83.5 Å². The lowest BCUT2D eigenvalue weighted by atomic mass is 9.89. The van der Waals surface area contributed by atoms with Gasteiger partial charge in [-0.15, -0.1) is 17.3 Å². The molecule has 0 saturated heterocycles. The molecule has 9 heteroatoms. The van der Waals surface area contributed by atoms with Gasteiger partial charge in [0.05, 0.1) is 5.37 Å². The van der Waals surface area contributed by atoms with Crippen molar-refractivity contribution in [2.75, 3.05) is 5.75 Å². The van der Waals surface area contributed by atoms with Crippen LogP contribution < -0.4 is 21.8 Å². The largest absolute Gasteiger partial charge is 0.326 e. The van der Waals surface area contributed by atoms with Crippen LogP contribution in [0.15, 0.2) is 15.4 Å². The molecule has 1 unspecified atom stereocenters. The summed E-state index contributed by atoms with van der Waals surface area (Å²) in [6, 6.07) is 1.10. The van der Waals surface area contributed by atoms with Crippen molar-refractivity contribution in [3.63, 3.8) is 0 Å². The van der Waals surface area contributed by atoms with Crippen LogP contribution in [0.5, 0.6) is 0 Å². The van der Waals surface area contributed by atoms with Crippen LogP contribution in [0, 0.1) is 0 Å². The van der Waals surface area contributed by atoms with Crippen LogP contribution in [-0.2, 0) is 0 Å². The zero-order valence-corrected chi connectivity index (χ0v) is 19.5. The highest BCUT2D eigenvalue weighted by Crippen LogP contribution is 2.38. The molecule has 2 saturated carbocycles. The molecule has 2 aliphatic carbocycles. The van der Waals surface area contributed by atoms with Gasteiger partial charge < -0.3 is 10.2 Å². The Kier molecular flexibility index (Phi) is 8.65. The van der Waals surface area contributed by atoms with E-state index in [2.05, 4.69) is 32.4 Å². The average molecular weight is 454 g/mol. The third-order valence-corrected chi connectivity index (χ3v) is 9.08. The summed E-state index contributed by atoms with van der Waals surface area (Å²) in [5.41, 5.74) is 7.63. The Morgan fingerprint density at radius 3 is 2.47 bits per heavy atom. The van der Waals surface area contributed by atoms with Gasteiger partial charge in [-0.3, -0.25) is 5.43 Å². The Bertz CT molecular complexity index is 613. The van der Waals surface area contributed by atoms with Crippen molar-refractivity contribution in [1.82, 2.24) is 21.2 Å². The number of allylic oxidation sites excluding steroid dienone is 1. The lowest BCUT2D eigenvalue weighted by Crippen LogP contribution is -2.87. The standard InChI is InChI=1S/C21H36N6OS2/c28-21(27(16-8-3-1-4-9-16)17-10-5-2-6-11-17)22-19-12-7-13-20(30-19)29-15-14-18-23-25-26-24-18/h13,16-17,19,25-26H,1-12,14-15H2,(H,22,28)(H,23,24)/p+1. The molecule has 4 rings (SSSR count). The van der Waals surface area contributed by atoms with Crippen LogP contribution in [0.3, 0.4) is 0 Å². The van der Waals surface area contributed by atoms with Gasteiger partial charge in [-0.2, -0.15) is 0 Å². The third-order valence-electron chi connectivity index (χ3n) is 6.54. The number of amides is 2. The fourth-order valence-corrected chi connectivity index (χ4v) is 7.50. The van der Waals surface area contributed by atoms with E-state index < -0.39 is 0 Å². The van der Waals surface area contributed by atoms with Crippen LogP contribution in [0.4, 0.5) is 4.79 Å². The minimum absolute atomic E-state index is 0.191. The number of hydrogen-bond acceptors (Lipinski definition) is 6. The highest BCUT2D eigenvalue weighted by Gasteiger charge is 2.33. The van der Waals surface area contributed by atoms with E-state index in [0.29, 0.717) is 12.1 Å². The van der Waals surface area contributed by atoms with Gasteiger partial charge in [0.2, 0.25) is 0 Å². The molecule has 2 aliphatic heterocycles. The van der Waals surface area contributed by atoms with Crippen LogP contribution >= 0.6 is 23.5 Å². The van der Waals surface area contributed by atoms with E-state index in [1.165, 1.54) is 68.4 Å². The summed E-state index contributed by atoms with van der Waals surface area (Å²) in [6.07, 6.45) is 17.8. The van der Waals surface area contributed by atoms with Gasteiger partial charge in [-0.1, -0.05) is 61.9 Å². The fraction of sp³-hybridized carbons (Fsp3) is 0.810. The number of nitrogens with zero attached hydrogens (tertiary/aromatic N) is 2. The van der Waals surface area contributed by atoms with E-state index in [-0.39, 0.29) is 11.4 Å². The van der Waals surface area contributed by atoms with Crippen molar-refractivity contribution in [1.29, 1.82) is 0 Å². The van der Waals surface area contributed by atoms with Gasteiger partial charge in [-0.05, 0) is 43.6 Å². The van der Waals surface area contributed by atoms with E-state index in [1.807, 2.05) is 23.5 Å². The average Bonchev–Trinajstić information content (AvgIpc) is 3.29. The molecule has 0 aromatic rings. The molecule has 4 aliphatic rings. The molecule has 7 nitrogen and oxygen atoms in total. The van der Waals surface area contributed by atoms with Gasteiger partial charge in [-0.25, -0.2) is 4.79 Å². The summed E-state index contributed by atoms with van der Waals surface area (Å²) in [5.74, 6) is 1.99. The highest BCUT2D eigenvalue weighted by atomic mass is 32.2. The summed E-state index contributed by atoms with van der Waals surface area (Å²) < 4.78 is 1.34. The number of nitrogens with two attached hydrogens (primary N) is 1. The Morgan fingerprint density at radius 2 is 1.83 bits per heavy atom. The number of hydrogen-bond donors (Lipinski definition) is 4. The Morgan fingerprint density at radius 1 is 1.13 bits per heavy atom. The third kappa shape index (κ3) is 6.31. The maximum atomic E-state index is 13.4. The molecule has 2 amide bonds. The molecule has 0 aromatic heterocycles. The monoisotopic (exact) mass is 453 g/mol. The predicted octanol–water partition coefficient (Wildman–Crippen LogP) is 3.38. The topological polar surface area (TPSA) is 85.4 Å². The van der Waals surface area contributed by atoms with Crippen molar-refractivity contribution < 1.29 is 10.3 Å². The minimum Gasteiger partial charge on any atom is -0.326 e. The van der Waals surface area contributed by atoms with Gasteiger partial charge in [0.15, 0.2) is 5.84 Å². The lowest BCUT2D eigenvalue weighted by Gasteiger charge is -2.42. The molecular weight excluding hydrogens is 416 g/mol. The maximum Gasteiger partial charge on any atom is 0.318 e. The smallest absolute Gasteiger partial charge is 0.318 e. The van der Waals surface area contributed by atoms with Crippen molar-refractivity contribution in [3.05, 3.63) is 10.3 Å². The number of rotatable bonds is 7. The first kappa shape index (κ1) is 22.3. The van der Waals surface area contributed by atoms with E-state index >= 15 is 0 Å². The van der Waals surface area contributed by atoms with E-state index in [1.54, 1.807) is 5.53 Å². The Balaban J connectivity index is 1.29. The fourth-order valence-electron chi connectivity index (χ4n) is 4.99. The number of carbonyl (C=O) groups is 1. The second kappa shape index (κ2) is 11.6. The second-order valence-electron chi connectivity index (χ2n) is 8.72. The summed E-state index contributed by atoms with van der Waals surface area (Å²) >= 11 is 3.71. The Hall–Kier alpha value is -0.900. The zero-order valence-electron chi connectivity index (χ0n) is 17.9. The number of quaternary nitrogens is 1. The second-order valence-corrected chi connectivity index (χ2v) is 11.4. The van der Waals surface area contributed by atoms with E-state index in [9.17, 15) is 4.79 Å². The number of amidine groups is 1. The molecule has 168 valence electrons. The molecule has 2 fully saturated rings. The molecule has 2 heterocycles. The van der Waals surface area contributed by atoms with Crippen LogP contribution in [-0.4, -0.2) is 40.0 Å². The molecule has 0 spiro atoms. The number of nitrogens with one attached hydrogen (secondary N) is 3. The van der Waals surface area contributed by atoms with Crippen LogP contribution in [0.25, 0.3) is 0 Å². The van der Waals surface area contributed by atoms with Gasteiger partial charge in [0.25, 0.3) is 0 Å². The lowest BCUT2D eigenvalue weighted by molar-refractivity contribution is -0.713. The summed E-state index contributed by atoms with van der Waals surface area (Å²) in [7, 11) is 0. The molecular formula is C21H37N6OS2+. The van der Waals surface area contributed by atoms with Gasteiger partial charge in [0.1, 0.15) is 0 Å². The number of urea groups is 1. The summed E-state index contributed by atoms with van der Waals surface area (Å²) in [5, 5.41) is 7.86. The molecule has 0 aromatic carbocycles. The SMILES string of the molecule is O=C(NC1CCC=C(SCCC2=N[NH2+]NN2)S1)N(C1CCCCC1)C1CCCCC1. The molecule has 1 atom stereocenters. The first-order chi connectivity index (χ1) is 14.8. The van der Waals surface area contributed by atoms with Crippen molar-refractivity contribution in [3.8, 4) is 0 Å². The highest BCUT2D eigenvalue weighted by molar-refractivity contribution is 8.22. The van der Waals surface area contributed by atoms with Crippen LogP contribution in [0.2, 0.25) is 0 Å². The number of carbonyl (C=O) groups excluding carboxylic acids is 1. The van der Waals surface area contributed by atoms with E-state index in [0.717, 1.165) is 30.9 Å². The van der Waals surface area contributed by atoms with Crippen molar-refractivity contribution >= 4 is 35.4 Å². The molecule has 30 heavy (non-hydrogen) atoms. The first-order valence-corrected chi connectivity index (χ1v) is 13.6. The quantitative estimate of drug-likeness (QED) is 0.444. The molecule has 0 radical (unpaired) electrons. The number of hydrazine groups is 1. The normalized spacial score (nSPS) is 25.9. The summed E-state index contributed by atoms with van der Waals surface area (Å²) in [4.78, 5) is 15.7. The number of thioether (sulfide) groups is 2. The summed E-state index contributed by atoms with van der Waals surface area (Å²) in [6.45, 7) is 0. The van der Waals surface area contributed by atoms with Crippen molar-refractivity contribution in [2.45, 2.75) is 101 Å². The molecule has 0 bridgehead atoms. The first-order valence-electron chi connectivity index (χ1n) is 11.8. The zero-order chi connectivity index (χ0) is 20.6. The predicted molar refractivity (Wildman–Crippen MR) is 126 cm³/mol. The van der Waals surface area contributed by atoms with Gasteiger partial charge >= 0.3 is 6.03 Å². The maximum absolute atomic E-state index is 13.4. The molecule has 5 N–H and O–H groups in total. The Labute approximate surface area is 188 Å².